The Morgan fingerprint density at radius 2 is 1.78 bits per heavy atom. The van der Waals surface area contributed by atoms with Crippen molar-refractivity contribution >= 4 is 5.69 Å². The number of benzene rings is 1. The van der Waals surface area contributed by atoms with Gasteiger partial charge in [0.2, 0.25) is 0 Å². The molecule has 0 radical (unpaired) electrons. The van der Waals surface area contributed by atoms with E-state index < -0.39 is 0 Å². The Kier molecular flexibility index (Phi) is 4.65. The summed E-state index contributed by atoms with van der Waals surface area (Å²) in [6, 6.07) is 9.88. The third kappa shape index (κ3) is 3.26. The average Bonchev–Trinajstić information content (AvgIpc) is 2.39. The number of rotatable bonds is 4. The molecule has 1 aromatic carbocycles. The van der Waals surface area contributed by atoms with E-state index in [0.717, 1.165) is 0 Å². The van der Waals surface area contributed by atoms with Gasteiger partial charge in [0.15, 0.2) is 0 Å². The summed E-state index contributed by atoms with van der Waals surface area (Å²) in [6.07, 6.45) is 6.81. The lowest BCUT2D eigenvalue weighted by atomic mass is 9.94. The molecule has 2 heteroatoms. The Balaban J connectivity index is 2.11. The smallest absolute Gasteiger partial charge is 0.0390 e. The molecule has 0 spiro atoms. The minimum atomic E-state index is 0.456. The van der Waals surface area contributed by atoms with E-state index in [1.807, 2.05) is 0 Å². The predicted octanol–water partition coefficient (Wildman–Crippen LogP) is 4.05. The van der Waals surface area contributed by atoms with Crippen LogP contribution in [0, 0.1) is 0 Å². The number of hydrogen-bond acceptors (Lipinski definition) is 2. The fourth-order valence-electron chi connectivity index (χ4n) is 2.74. The molecule has 0 aromatic heterocycles. The van der Waals surface area contributed by atoms with Gasteiger partial charge >= 0.3 is 0 Å². The lowest BCUT2D eigenvalue weighted by Gasteiger charge is -2.28. The fourth-order valence-corrected chi connectivity index (χ4v) is 2.74. The predicted molar refractivity (Wildman–Crippen MR) is 79.0 cm³/mol. The summed E-state index contributed by atoms with van der Waals surface area (Å²) in [7, 11) is 4.28. The largest absolute Gasteiger partial charge is 0.382 e. The zero-order chi connectivity index (χ0) is 13.0. The van der Waals surface area contributed by atoms with Crippen LogP contribution < -0.4 is 5.32 Å². The molecule has 0 amide bonds. The van der Waals surface area contributed by atoms with E-state index in [2.05, 4.69) is 55.5 Å². The SMILES string of the molecule is C[C@H](c1ccccc1NC1CCCCC1)N(C)C. The van der Waals surface area contributed by atoms with Crippen LogP contribution >= 0.6 is 0 Å². The van der Waals surface area contributed by atoms with Gasteiger partial charge in [0.1, 0.15) is 0 Å². The maximum absolute atomic E-state index is 3.76. The van der Waals surface area contributed by atoms with Gasteiger partial charge in [-0.15, -0.1) is 0 Å². The minimum absolute atomic E-state index is 0.456. The van der Waals surface area contributed by atoms with E-state index in [9.17, 15) is 0 Å². The first-order chi connectivity index (χ1) is 8.68. The molecule has 18 heavy (non-hydrogen) atoms. The third-order valence-corrected chi connectivity index (χ3v) is 4.15. The van der Waals surface area contributed by atoms with Crippen molar-refractivity contribution in [2.75, 3.05) is 19.4 Å². The van der Waals surface area contributed by atoms with Crippen molar-refractivity contribution < 1.29 is 0 Å². The first kappa shape index (κ1) is 13.4. The molecule has 0 saturated heterocycles. The van der Waals surface area contributed by atoms with Crippen molar-refractivity contribution in [1.29, 1.82) is 0 Å². The second-order valence-electron chi connectivity index (χ2n) is 5.71. The van der Waals surface area contributed by atoms with Gasteiger partial charge in [-0.2, -0.15) is 0 Å². The van der Waals surface area contributed by atoms with Gasteiger partial charge in [-0.05, 0) is 45.5 Å². The Hall–Kier alpha value is -1.02. The van der Waals surface area contributed by atoms with Crippen molar-refractivity contribution in [3.63, 3.8) is 0 Å². The van der Waals surface area contributed by atoms with Crippen molar-refractivity contribution in [2.24, 2.45) is 0 Å². The highest BCUT2D eigenvalue weighted by Gasteiger charge is 2.17. The molecule has 1 fully saturated rings. The van der Waals surface area contributed by atoms with Crippen LogP contribution in [0.2, 0.25) is 0 Å². The number of anilines is 1. The molecule has 2 nitrogen and oxygen atoms in total. The highest BCUT2D eigenvalue weighted by molar-refractivity contribution is 5.53. The maximum Gasteiger partial charge on any atom is 0.0390 e. The normalized spacial score (nSPS) is 18.9. The summed E-state index contributed by atoms with van der Waals surface area (Å²) < 4.78 is 0. The summed E-state index contributed by atoms with van der Waals surface area (Å²) in [5.41, 5.74) is 2.73. The Morgan fingerprint density at radius 1 is 1.11 bits per heavy atom. The molecule has 0 unspecified atom stereocenters. The van der Waals surface area contributed by atoms with Crippen LogP contribution in [0.5, 0.6) is 0 Å². The van der Waals surface area contributed by atoms with Crippen molar-refractivity contribution in [1.82, 2.24) is 4.90 Å². The van der Waals surface area contributed by atoms with E-state index >= 15 is 0 Å². The van der Waals surface area contributed by atoms with Gasteiger partial charge in [-0.25, -0.2) is 0 Å². The Bertz CT molecular complexity index is 367. The highest BCUT2D eigenvalue weighted by Crippen LogP contribution is 2.28. The molecule has 0 heterocycles. The number of para-hydroxylation sites is 1. The van der Waals surface area contributed by atoms with Crippen LogP contribution in [0.1, 0.15) is 50.6 Å². The zero-order valence-electron chi connectivity index (χ0n) is 11.9. The summed E-state index contributed by atoms with van der Waals surface area (Å²) in [6.45, 7) is 2.27. The zero-order valence-corrected chi connectivity index (χ0v) is 11.9. The van der Waals surface area contributed by atoms with Crippen molar-refractivity contribution in [3.8, 4) is 0 Å². The number of hydrogen-bond donors (Lipinski definition) is 1. The van der Waals surface area contributed by atoms with E-state index in [4.69, 9.17) is 0 Å². The van der Waals surface area contributed by atoms with E-state index in [1.54, 1.807) is 0 Å². The molecule has 0 bridgehead atoms. The monoisotopic (exact) mass is 246 g/mol. The van der Waals surface area contributed by atoms with Crippen LogP contribution in [0.25, 0.3) is 0 Å². The molecule has 1 saturated carbocycles. The molecule has 1 atom stereocenters. The third-order valence-electron chi connectivity index (χ3n) is 4.15. The van der Waals surface area contributed by atoms with Gasteiger partial charge in [0, 0.05) is 17.8 Å². The first-order valence-corrected chi connectivity index (χ1v) is 7.20. The van der Waals surface area contributed by atoms with Crippen LogP contribution in [0.3, 0.4) is 0 Å². The maximum atomic E-state index is 3.76. The highest BCUT2D eigenvalue weighted by atomic mass is 15.1. The Labute approximate surface area is 111 Å². The van der Waals surface area contributed by atoms with Crippen LogP contribution in [0.15, 0.2) is 24.3 Å². The first-order valence-electron chi connectivity index (χ1n) is 7.20. The van der Waals surface area contributed by atoms with Gasteiger partial charge in [0.25, 0.3) is 0 Å². The molecule has 0 aliphatic heterocycles. The number of nitrogens with zero attached hydrogens (tertiary/aromatic N) is 1. The van der Waals surface area contributed by atoms with Gasteiger partial charge in [-0.1, -0.05) is 37.5 Å². The van der Waals surface area contributed by atoms with Gasteiger partial charge in [-0.3, -0.25) is 0 Å². The van der Waals surface area contributed by atoms with E-state index in [1.165, 1.54) is 43.4 Å². The lowest BCUT2D eigenvalue weighted by Crippen LogP contribution is -2.24. The van der Waals surface area contributed by atoms with Crippen molar-refractivity contribution in [3.05, 3.63) is 29.8 Å². The lowest BCUT2D eigenvalue weighted by molar-refractivity contribution is 0.321. The second-order valence-corrected chi connectivity index (χ2v) is 5.71. The van der Waals surface area contributed by atoms with Crippen molar-refractivity contribution in [2.45, 2.75) is 51.1 Å². The molecule has 1 aliphatic rings. The molecule has 100 valence electrons. The molecule has 1 aliphatic carbocycles. The summed E-state index contributed by atoms with van der Waals surface area (Å²) >= 11 is 0. The van der Waals surface area contributed by atoms with E-state index in [-0.39, 0.29) is 0 Å². The summed E-state index contributed by atoms with van der Waals surface area (Å²) in [4.78, 5) is 2.27. The van der Waals surface area contributed by atoms with Gasteiger partial charge in [0.05, 0.1) is 0 Å². The van der Waals surface area contributed by atoms with Gasteiger partial charge < -0.3 is 10.2 Å². The average molecular weight is 246 g/mol. The van der Waals surface area contributed by atoms with Crippen LogP contribution in [-0.4, -0.2) is 25.0 Å². The Morgan fingerprint density at radius 3 is 2.44 bits per heavy atom. The molecule has 1 N–H and O–H groups in total. The fraction of sp³-hybridized carbons (Fsp3) is 0.625. The van der Waals surface area contributed by atoms with E-state index in [0.29, 0.717) is 12.1 Å². The second kappa shape index (κ2) is 6.24. The minimum Gasteiger partial charge on any atom is -0.382 e. The van der Waals surface area contributed by atoms with Crippen LogP contribution in [0.4, 0.5) is 5.69 Å². The molecular weight excluding hydrogens is 220 g/mol. The molecule has 2 rings (SSSR count). The molecular formula is C16H26N2. The van der Waals surface area contributed by atoms with Crippen LogP contribution in [-0.2, 0) is 0 Å². The molecule has 1 aromatic rings. The number of nitrogens with one attached hydrogen (secondary N) is 1. The summed E-state index contributed by atoms with van der Waals surface area (Å²) in [5.74, 6) is 0. The quantitative estimate of drug-likeness (QED) is 0.862. The topological polar surface area (TPSA) is 15.3 Å². The summed E-state index contributed by atoms with van der Waals surface area (Å²) in [5, 5.41) is 3.76. The standard InChI is InChI=1S/C16H26N2/c1-13(18(2)3)15-11-7-8-12-16(15)17-14-9-5-4-6-10-14/h7-8,11-14,17H,4-6,9-10H2,1-3H3/t13-/m1/s1.